The first kappa shape index (κ1) is 18.5. The van der Waals surface area contributed by atoms with Crippen LogP contribution in [0.1, 0.15) is 19.5 Å². The van der Waals surface area contributed by atoms with E-state index in [1.165, 1.54) is 0 Å². The minimum Gasteiger partial charge on any atom is -0.497 e. The van der Waals surface area contributed by atoms with Crippen molar-refractivity contribution in [1.82, 2.24) is 4.98 Å². The Morgan fingerprint density at radius 1 is 1.00 bits per heavy atom. The van der Waals surface area contributed by atoms with E-state index in [-0.39, 0.29) is 5.95 Å². The number of aromatic nitrogens is 1. The predicted molar refractivity (Wildman–Crippen MR) is 100 cm³/mol. The first-order valence-electron chi connectivity index (χ1n) is 8.64. The summed E-state index contributed by atoms with van der Waals surface area (Å²) in [5, 5.41) is 0. The maximum absolute atomic E-state index is 12.1. The highest BCUT2D eigenvalue weighted by Crippen LogP contribution is 2.30. The average Bonchev–Trinajstić information content (AvgIpc) is 3.04. The van der Waals surface area contributed by atoms with E-state index in [9.17, 15) is 4.79 Å². The number of carbonyl (C=O) groups is 1. The monoisotopic (exact) mass is 367 g/mol. The van der Waals surface area contributed by atoms with Gasteiger partial charge in [-0.3, -0.25) is 0 Å². The lowest BCUT2D eigenvalue weighted by Crippen LogP contribution is -2.14. The molecule has 0 radical (unpaired) electrons. The number of hydrogen-bond donors (Lipinski definition) is 0. The van der Waals surface area contributed by atoms with E-state index in [1.54, 1.807) is 31.4 Å². The molecule has 27 heavy (non-hydrogen) atoms. The van der Waals surface area contributed by atoms with Crippen LogP contribution >= 0.6 is 0 Å². The molecular weight excluding hydrogens is 346 g/mol. The van der Waals surface area contributed by atoms with Gasteiger partial charge in [-0.05, 0) is 48.7 Å². The minimum atomic E-state index is -0.872. The van der Waals surface area contributed by atoms with E-state index in [4.69, 9.17) is 18.6 Å². The lowest BCUT2D eigenvalue weighted by atomic mass is 10.1. The molecule has 0 saturated heterocycles. The number of nitrogens with zero attached hydrogens (tertiary/aromatic N) is 1. The number of methoxy groups -OCH3 is 1. The minimum absolute atomic E-state index is 0.0513. The van der Waals surface area contributed by atoms with E-state index >= 15 is 0 Å². The van der Waals surface area contributed by atoms with Gasteiger partial charge in [0.25, 0.3) is 0 Å². The molecule has 1 aromatic heterocycles. The highest BCUT2D eigenvalue weighted by Gasteiger charge is 2.21. The largest absolute Gasteiger partial charge is 0.521 e. The SMILES string of the molecule is COc1ccc(-c2nc(CC(C)C)c(OC(=O)Oc3ccccc3)o2)cc1. The second kappa shape index (κ2) is 8.40. The van der Waals surface area contributed by atoms with Gasteiger partial charge in [0.15, 0.2) is 0 Å². The van der Waals surface area contributed by atoms with Gasteiger partial charge in [-0.25, -0.2) is 9.78 Å². The predicted octanol–water partition coefficient (Wildman–Crippen LogP) is 5.13. The van der Waals surface area contributed by atoms with Gasteiger partial charge >= 0.3 is 12.1 Å². The first-order chi connectivity index (χ1) is 13.0. The highest BCUT2D eigenvalue weighted by atomic mass is 16.8. The molecule has 0 aliphatic heterocycles. The Labute approximate surface area is 157 Å². The summed E-state index contributed by atoms with van der Waals surface area (Å²) in [6.45, 7) is 4.10. The van der Waals surface area contributed by atoms with Crippen LogP contribution in [0.2, 0.25) is 0 Å². The van der Waals surface area contributed by atoms with Gasteiger partial charge in [-0.15, -0.1) is 0 Å². The molecule has 0 aliphatic rings. The quantitative estimate of drug-likeness (QED) is 0.444. The molecule has 3 rings (SSSR count). The van der Waals surface area contributed by atoms with Crippen molar-refractivity contribution in [3.8, 4) is 28.9 Å². The van der Waals surface area contributed by atoms with Crippen LogP contribution in [0.4, 0.5) is 4.79 Å². The fraction of sp³-hybridized carbons (Fsp3) is 0.238. The van der Waals surface area contributed by atoms with Crippen LogP contribution < -0.4 is 14.2 Å². The molecule has 0 amide bonds. The molecule has 0 fully saturated rings. The van der Waals surface area contributed by atoms with Crippen molar-refractivity contribution in [2.24, 2.45) is 5.92 Å². The lowest BCUT2D eigenvalue weighted by molar-refractivity contribution is 0.139. The van der Waals surface area contributed by atoms with Crippen LogP contribution in [0, 0.1) is 5.92 Å². The zero-order chi connectivity index (χ0) is 19.2. The molecule has 0 saturated carbocycles. The second-order valence-electron chi connectivity index (χ2n) is 6.35. The Morgan fingerprint density at radius 2 is 1.70 bits per heavy atom. The summed E-state index contributed by atoms with van der Waals surface area (Å²) in [5.41, 5.74) is 1.33. The van der Waals surface area contributed by atoms with Gasteiger partial charge < -0.3 is 18.6 Å². The summed E-state index contributed by atoms with van der Waals surface area (Å²) in [7, 11) is 1.60. The third-order valence-corrected chi connectivity index (χ3v) is 3.72. The van der Waals surface area contributed by atoms with Gasteiger partial charge in [0.2, 0.25) is 5.89 Å². The zero-order valence-corrected chi connectivity index (χ0v) is 15.5. The Balaban J connectivity index is 1.81. The van der Waals surface area contributed by atoms with Crippen molar-refractivity contribution in [1.29, 1.82) is 0 Å². The molecule has 6 heteroatoms. The summed E-state index contributed by atoms with van der Waals surface area (Å²) in [5.74, 6) is 1.86. The Kier molecular flexibility index (Phi) is 5.76. The molecule has 0 bridgehead atoms. The summed E-state index contributed by atoms with van der Waals surface area (Å²) in [6.07, 6.45) is -0.267. The molecule has 6 nitrogen and oxygen atoms in total. The van der Waals surface area contributed by atoms with Gasteiger partial charge in [0, 0.05) is 5.56 Å². The normalized spacial score (nSPS) is 10.7. The highest BCUT2D eigenvalue weighted by molar-refractivity contribution is 5.67. The number of oxazole rings is 1. The number of ether oxygens (including phenoxy) is 3. The molecular formula is C21H21NO5. The average molecular weight is 367 g/mol. The smallest absolute Gasteiger partial charge is 0.497 e. The van der Waals surface area contributed by atoms with Crippen molar-refractivity contribution >= 4 is 6.16 Å². The van der Waals surface area contributed by atoms with Crippen LogP contribution in [-0.4, -0.2) is 18.2 Å². The summed E-state index contributed by atoms with van der Waals surface area (Å²) in [6, 6.07) is 16.0. The zero-order valence-electron chi connectivity index (χ0n) is 15.5. The summed E-state index contributed by atoms with van der Waals surface area (Å²) < 4.78 is 21.3. The van der Waals surface area contributed by atoms with Crippen LogP contribution in [0.3, 0.4) is 0 Å². The number of carbonyl (C=O) groups excluding carboxylic acids is 1. The molecule has 1 heterocycles. The molecule has 2 aromatic carbocycles. The third kappa shape index (κ3) is 4.88. The third-order valence-electron chi connectivity index (χ3n) is 3.72. The van der Waals surface area contributed by atoms with Gasteiger partial charge in [0.05, 0.1) is 7.11 Å². The van der Waals surface area contributed by atoms with Crippen molar-refractivity contribution in [2.75, 3.05) is 7.11 Å². The standard InChI is InChI=1S/C21H21NO5/c1-14(2)13-18-20(27-21(23)25-17-7-5-4-6-8-17)26-19(22-18)15-9-11-16(24-3)12-10-15/h4-12,14H,13H2,1-3H3. The van der Waals surface area contributed by atoms with E-state index in [0.717, 1.165) is 11.3 Å². The van der Waals surface area contributed by atoms with E-state index in [2.05, 4.69) is 4.98 Å². The van der Waals surface area contributed by atoms with Crippen molar-refractivity contribution in [3.63, 3.8) is 0 Å². The van der Waals surface area contributed by atoms with Gasteiger partial charge in [-0.1, -0.05) is 32.0 Å². The van der Waals surface area contributed by atoms with E-state index in [0.29, 0.717) is 29.7 Å². The first-order valence-corrected chi connectivity index (χ1v) is 8.64. The summed E-state index contributed by atoms with van der Waals surface area (Å²) >= 11 is 0. The number of hydrogen-bond acceptors (Lipinski definition) is 6. The Hall–Kier alpha value is -3.28. The summed E-state index contributed by atoms with van der Waals surface area (Å²) in [4.78, 5) is 16.6. The molecule has 0 unspecified atom stereocenters. The fourth-order valence-corrected chi connectivity index (χ4v) is 2.47. The Morgan fingerprint density at radius 3 is 2.33 bits per heavy atom. The molecule has 140 valence electrons. The van der Waals surface area contributed by atoms with Gasteiger partial charge in [0.1, 0.15) is 17.2 Å². The van der Waals surface area contributed by atoms with Crippen LogP contribution in [-0.2, 0) is 6.42 Å². The molecule has 0 N–H and O–H groups in total. The maximum Gasteiger partial charge on any atom is 0.521 e. The van der Waals surface area contributed by atoms with E-state index in [1.807, 2.05) is 44.2 Å². The van der Waals surface area contributed by atoms with E-state index < -0.39 is 6.16 Å². The molecule has 0 atom stereocenters. The fourth-order valence-electron chi connectivity index (χ4n) is 2.47. The van der Waals surface area contributed by atoms with Crippen LogP contribution in [0.15, 0.2) is 59.0 Å². The molecule has 0 spiro atoms. The topological polar surface area (TPSA) is 70.8 Å². The maximum atomic E-state index is 12.1. The van der Waals surface area contributed by atoms with Crippen LogP contribution in [0.25, 0.3) is 11.5 Å². The second-order valence-corrected chi connectivity index (χ2v) is 6.35. The lowest BCUT2D eigenvalue weighted by Gasteiger charge is -2.05. The molecule has 0 aliphatic carbocycles. The molecule has 3 aromatic rings. The van der Waals surface area contributed by atoms with Gasteiger partial charge in [-0.2, -0.15) is 0 Å². The Bertz CT molecular complexity index is 885. The van der Waals surface area contributed by atoms with Crippen LogP contribution in [0.5, 0.6) is 17.4 Å². The number of benzene rings is 2. The van der Waals surface area contributed by atoms with Crippen molar-refractivity contribution in [3.05, 3.63) is 60.3 Å². The number of para-hydroxylation sites is 1. The van der Waals surface area contributed by atoms with Crippen molar-refractivity contribution in [2.45, 2.75) is 20.3 Å². The number of rotatable bonds is 6. The van der Waals surface area contributed by atoms with Crippen molar-refractivity contribution < 1.29 is 23.4 Å².